The third-order valence-electron chi connectivity index (χ3n) is 3.39. The van der Waals surface area contributed by atoms with Gasteiger partial charge in [0.1, 0.15) is 5.82 Å². The molecule has 0 bridgehead atoms. The van der Waals surface area contributed by atoms with Crippen molar-refractivity contribution < 1.29 is 14.1 Å². The van der Waals surface area contributed by atoms with Crippen LogP contribution in [0.2, 0.25) is 0 Å². The van der Waals surface area contributed by atoms with Crippen LogP contribution in [-0.4, -0.2) is 26.4 Å². The zero-order chi connectivity index (χ0) is 18.7. The van der Waals surface area contributed by atoms with Gasteiger partial charge >= 0.3 is 0 Å². The molecule has 0 atom stereocenters. The molecule has 1 saturated heterocycles. The van der Waals surface area contributed by atoms with Crippen molar-refractivity contribution >= 4 is 52.2 Å². The van der Waals surface area contributed by atoms with E-state index in [0.29, 0.717) is 10.5 Å². The molecule has 1 fully saturated rings. The van der Waals surface area contributed by atoms with E-state index in [-0.39, 0.29) is 15.6 Å². The van der Waals surface area contributed by atoms with Gasteiger partial charge in [-0.05, 0) is 42.1 Å². The highest BCUT2D eigenvalue weighted by molar-refractivity contribution is 8.26. The lowest BCUT2D eigenvalue weighted by atomic mass is 10.2. The Hall–Kier alpha value is -2.91. The number of rotatable bonds is 4. The van der Waals surface area contributed by atoms with Gasteiger partial charge in [-0.25, -0.2) is 4.39 Å². The highest BCUT2D eigenvalue weighted by Gasteiger charge is 2.32. The van der Waals surface area contributed by atoms with Gasteiger partial charge in [-0.1, -0.05) is 30.0 Å². The number of benzene rings is 2. The summed E-state index contributed by atoms with van der Waals surface area (Å²) in [4.78, 5) is 22.9. The first-order chi connectivity index (χ1) is 12.5. The first-order valence-electron chi connectivity index (χ1n) is 7.26. The average Bonchev–Trinajstić information content (AvgIpc) is 2.88. The van der Waals surface area contributed by atoms with E-state index in [1.165, 1.54) is 42.6 Å². The third-order valence-corrected chi connectivity index (χ3v) is 4.68. The van der Waals surface area contributed by atoms with Crippen LogP contribution in [-0.2, 0) is 4.79 Å². The number of thioether (sulfide) groups is 1. The SMILES string of the molecule is O=C1/C(=C\c2ccc([N+](=O)[O-])cc2)SC(=S)N1/N=C/c1ccccc1F. The number of thiocarbonyl (C=S) groups is 1. The van der Waals surface area contributed by atoms with Gasteiger partial charge in [0.05, 0.1) is 16.0 Å². The second kappa shape index (κ2) is 7.54. The minimum Gasteiger partial charge on any atom is -0.266 e. The van der Waals surface area contributed by atoms with Crippen molar-refractivity contribution in [1.82, 2.24) is 5.01 Å². The molecule has 6 nitrogen and oxygen atoms in total. The molecule has 26 heavy (non-hydrogen) atoms. The van der Waals surface area contributed by atoms with Crippen molar-refractivity contribution in [3.8, 4) is 0 Å². The maximum Gasteiger partial charge on any atom is 0.286 e. The van der Waals surface area contributed by atoms with Gasteiger partial charge in [-0.15, -0.1) is 0 Å². The topological polar surface area (TPSA) is 75.8 Å². The summed E-state index contributed by atoms with van der Waals surface area (Å²) in [5.41, 5.74) is 0.819. The van der Waals surface area contributed by atoms with Crippen LogP contribution >= 0.6 is 24.0 Å². The van der Waals surface area contributed by atoms with Crippen LogP contribution < -0.4 is 0 Å². The number of amides is 1. The zero-order valence-electron chi connectivity index (χ0n) is 13.0. The molecule has 3 rings (SSSR count). The van der Waals surface area contributed by atoms with E-state index in [1.807, 2.05) is 0 Å². The normalized spacial score (nSPS) is 16.0. The summed E-state index contributed by atoms with van der Waals surface area (Å²) in [5.74, 6) is -0.894. The fraction of sp³-hybridized carbons (Fsp3) is 0. The Labute approximate surface area is 157 Å². The Balaban J connectivity index is 1.80. The summed E-state index contributed by atoms with van der Waals surface area (Å²) in [5, 5.41) is 15.7. The summed E-state index contributed by atoms with van der Waals surface area (Å²) in [6, 6.07) is 11.8. The molecule has 0 spiro atoms. The minimum atomic E-state index is -0.499. The lowest BCUT2D eigenvalue weighted by molar-refractivity contribution is -0.384. The molecule has 2 aromatic rings. The Kier molecular flexibility index (Phi) is 5.19. The van der Waals surface area contributed by atoms with E-state index in [0.717, 1.165) is 16.8 Å². The van der Waals surface area contributed by atoms with Crippen molar-refractivity contribution in [2.45, 2.75) is 0 Å². The van der Waals surface area contributed by atoms with Crippen LogP contribution in [0.5, 0.6) is 0 Å². The van der Waals surface area contributed by atoms with Crippen LogP contribution in [0.1, 0.15) is 11.1 Å². The maximum atomic E-state index is 13.6. The Bertz CT molecular complexity index is 958. The number of nitro groups is 1. The van der Waals surface area contributed by atoms with Gasteiger partial charge in [0.2, 0.25) is 0 Å². The van der Waals surface area contributed by atoms with E-state index in [4.69, 9.17) is 12.2 Å². The number of hydrogen-bond acceptors (Lipinski definition) is 6. The molecule has 1 amide bonds. The zero-order valence-corrected chi connectivity index (χ0v) is 14.7. The van der Waals surface area contributed by atoms with Gasteiger partial charge < -0.3 is 0 Å². The number of hydrogen-bond donors (Lipinski definition) is 0. The molecule has 0 saturated carbocycles. The number of nitro benzene ring substituents is 1. The molecule has 0 radical (unpaired) electrons. The van der Waals surface area contributed by atoms with Crippen molar-refractivity contribution in [3.63, 3.8) is 0 Å². The predicted octanol–water partition coefficient (Wildman–Crippen LogP) is 3.97. The Morgan fingerprint density at radius 1 is 1.19 bits per heavy atom. The number of non-ortho nitro benzene ring substituents is 1. The van der Waals surface area contributed by atoms with E-state index >= 15 is 0 Å². The number of carbonyl (C=O) groups excluding carboxylic acids is 1. The molecule has 1 aliphatic heterocycles. The fourth-order valence-corrected chi connectivity index (χ4v) is 3.28. The van der Waals surface area contributed by atoms with Crippen LogP contribution in [0, 0.1) is 15.9 Å². The van der Waals surface area contributed by atoms with Gasteiger partial charge in [0, 0.05) is 17.7 Å². The fourth-order valence-electron chi connectivity index (χ4n) is 2.10. The Morgan fingerprint density at radius 2 is 1.88 bits per heavy atom. The quantitative estimate of drug-likeness (QED) is 0.261. The number of hydrazone groups is 1. The predicted molar refractivity (Wildman–Crippen MR) is 102 cm³/mol. The van der Waals surface area contributed by atoms with Gasteiger partial charge in [0.25, 0.3) is 11.6 Å². The molecule has 9 heteroatoms. The molecule has 0 aliphatic carbocycles. The minimum absolute atomic E-state index is 0.0378. The average molecular weight is 387 g/mol. The van der Waals surface area contributed by atoms with Crippen LogP contribution in [0.4, 0.5) is 10.1 Å². The largest absolute Gasteiger partial charge is 0.286 e. The summed E-state index contributed by atoms with van der Waals surface area (Å²) in [7, 11) is 0. The Morgan fingerprint density at radius 3 is 2.54 bits per heavy atom. The lowest BCUT2D eigenvalue weighted by Crippen LogP contribution is -2.22. The first-order valence-corrected chi connectivity index (χ1v) is 8.49. The van der Waals surface area contributed by atoms with Gasteiger partial charge in [-0.3, -0.25) is 14.9 Å². The van der Waals surface area contributed by atoms with Crippen molar-refractivity contribution in [2.75, 3.05) is 0 Å². The highest BCUT2D eigenvalue weighted by atomic mass is 32.2. The summed E-state index contributed by atoms with van der Waals surface area (Å²) < 4.78 is 13.8. The molecule has 0 unspecified atom stereocenters. The molecule has 2 aromatic carbocycles. The van der Waals surface area contributed by atoms with Gasteiger partial charge in [-0.2, -0.15) is 10.1 Å². The summed E-state index contributed by atoms with van der Waals surface area (Å²) in [6.45, 7) is 0. The van der Waals surface area contributed by atoms with E-state index in [9.17, 15) is 19.3 Å². The number of carbonyl (C=O) groups is 1. The van der Waals surface area contributed by atoms with E-state index < -0.39 is 16.6 Å². The molecule has 0 aromatic heterocycles. The second-order valence-electron chi connectivity index (χ2n) is 5.11. The standard InChI is InChI=1S/C17H10FN3O3S2/c18-14-4-2-1-3-12(14)10-19-20-16(22)15(26-17(20)25)9-11-5-7-13(8-6-11)21(23)24/h1-10H/b15-9+,19-10+. The van der Waals surface area contributed by atoms with E-state index in [1.54, 1.807) is 18.2 Å². The lowest BCUT2D eigenvalue weighted by Gasteiger charge is -2.06. The van der Waals surface area contributed by atoms with Gasteiger partial charge in [0.15, 0.2) is 4.32 Å². The molecule has 0 N–H and O–H groups in total. The highest BCUT2D eigenvalue weighted by Crippen LogP contribution is 2.33. The monoisotopic (exact) mass is 387 g/mol. The number of nitrogens with zero attached hydrogens (tertiary/aromatic N) is 3. The molecular formula is C17H10FN3O3S2. The van der Waals surface area contributed by atoms with Crippen molar-refractivity contribution in [3.05, 3.63) is 80.5 Å². The van der Waals surface area contributed by atoms with Crippen LogP contribution in [0.15, 0.2) is 58.5 Å². The molecular weight excluding hydrogens is 377 g/mol. The van der Waals surface area contributed by atoms with Crippen molar-refractivity contribution in [2.24, 2.45) is 5.10 Å². The smallest absolute Gasteiger partial charge is 0.266 e. The molecule has 130 valence electrons. The first kappa shape index (κ1) is 17.9. The molecule has 1 heterocycles. The second-order valence-corrected chi connectivity index (χ2v) is 6.78. The van der Waals surface area contributed by atoms with Crippen LogP contribution in [0.3, 0.4) is 0 Å². The third kappa shape index (κ3) is 3.84. The summed E-state index contributed by atoms with van der Waals surface area (Å²) in [6.07, 6.45) is 2.80. The van der Waals surface area contributed by atoms with Crippen LogP contribution in [0.25, 0.3) is 6.08 Å². The molecule has 1 aliphatic rings. The maximum absolute atomic E-state index is 13.6. The van der Waals surface area contributed by atoms with Crippen molar-refractivity contribution in [1.29, 1.82) is 0 Å². The summed E-state index contributed by atoms with van der Waals surface area (Å²) >= 11 is 6.20. The number of halogens is 1. The van der Waals surface area contributed by atoms with E-state index in [2.05, 4.69) is 5.10 Å².